The number of amides is 1. The molecule has 2 nitrogen and oxygen atoms in total. The maximum atomic E-state index is 13.2. The topological polar surface area (TPSA) is 20.3 Å². The smallest absolute Gasteiger partial charge is 0.227 e. The number of carbonyl (C=O) groups excluding carboxylic acids is 1. The van der Waals surface area contributed by atoms with Crippen LogP contribution in [0.25, 0.3) is 0 Å². The molecule has 0 atom stereocenters. The van der Waals surface area contributed by atoms with Crippen LogP contribution in [0.5, 0.6) is 0 Å². The Balaban J connectivity index is 1.69. The van der Waals surface area contributed by atoms with Gasteiger partial charge in [0, 0.05) is 10.9 Å². The predicted molar refractivity (Wildman–Crippen MR) is 78.0 cm³/mol. The molecule has 0 aliphatic heterocycles. The zero-order chi connectivity index (χ0) is 13.9. The highest BCUT2D eigenvalue weighted by atomic mass is 32.1. The summed E-state index contributed by atoms with van der Waals surface area (Å²) < 4.78 is 13.2. The van der Waals surface area contributed by atoms with Crippen LogP contribution < -0.4 is 0 Å². The van der Waals surface area contributed by atoms with E-state index in [1.807, 2.05) is 16.3 Å². The molecule has 104 valence electrons. The third kappa shape index (κ3) is 3.25. The van der Waals surface area contributed by atoms with Crippen LogP contribution in [0, 0.1) is 5.82 Å². The molecule has 0 radical (unpaired) electrons. The molecule has 1 fully saturated rings. The average Bonchev–Trinajstić information content (AvgIpc) is 3.12. The van der Waals surface area contributed by atoms with Crippen LogP contribution in [0.4, 0.5) is 4.39 Å². The second-order valence-electron chi connectivity index (χ2n) is 5.14. The summed E-state index contributed by atoms with van der Waals surface area (Å²) in [6.07, 6.45) is 2.44. The van der Waals surface area contributed by atoms with Crippen LogP contribution >= 0.6 is 11.3 Å². The largest absolute Gasteiger partial charge is 0.334 e. The third-order valence-electron chi connectivity index (χ3n) is 3.46. The molecule has 3 rings (SSSR count). The van der Waals surface area contributed by atoms with Gasteiger partial charge in [0.25, 0.3) is 0 Å². The molecule has 0 bridgehead atoms. The Morgan fingerprint density at radius 2 is 2.15 bits per heavy atom. The van der Waals surface area contributed by atoms with Gasteiger partial charge < -0.3 is 4.90 Å². The molecule has 1 aromatic carbocycles. The van der Waals surface area contributed by atoms with Gasteiger partial charge in [-0.2, -0.15) is 0 Å². The van der Waals surface area contributed by atoms with E-state index in [4.69, 9.17) is 0 Å². The van der Waals surface area contributed by atoms with Gasteiger partial charge in [-0.15, -0.1) is 11.3 Å². The Morgan fingerprint density at radius 1 is 1.30 bits per heavy atom. The lowest BCUT2D eigenvalue weighted by Gasteiger charge is -2.22. The van der Waals surface area contributed by atoms with Crippen LogP contribution in [-0.2, 0) is 17.8 Å². The maximum absolute atomic E-state index is 13.2. The highest BCUT2D eigenvalue weighted by Gasteiger charge is 2.32. The quantitative estimate of drug-likeness (QED) is 0.823. The molecule has 2 aromatic rings. The first-order chi connectivity index (χ1) is 9.72. The van der Waals surface area contributed by atoms with Crippen LogP contribution in [0.3, 0.4) is 0 Å². The van der Waals surface area contributed by atoms with Gasteiger partial charge in [-0.1, -0.05) is 18.2 Å². The van der Waals surface area contributed by atoms with Crippen molar-refractivity contribution in [3.8, 4) is 0 Å². The molecule has 0 N–H and O–H groups in total. The van der Waals surface area contributed by atoms with Crippen molar-refractivity contribution in [1.29, 1.82) is 0 Å². The number of benzene rings is 1. The average molecular weight is 289 g/mol. The Hall–Kier alpha value is -1.68. The van der Waals surface area contributed by atoms with Crippen molar-refractivity contribution in [2.24, 2.45) is 0 Å². The number of thiophene rings is 1. The molecule has 1 heterocycles. The molecule has 1 aromatic heterocycles. The monoisotopic (exact) mass is 289 g/mol. The second-order valence-corrected chi connectivity index (χ2v) is 6.17. The van der Waals surface area contributed by atoms with Crippen molar-refractivity contribution in [2.45, 2.75) is 31.8 Å². The van der Waals surface area contributed by atoms with Crippen molar-refractivity contribution >= 4 is 17.2 Å². The van der Waals surface area contributed by atoms with Gasteiger partial charge in [0.2, 0.25) is 5.91 Å². The van der Waals surface area contributed by atoms with Crippen molar-refractivity contribution in [1.82, 2.24) is 4.90 Å². The van der Waals surface area contributed by atoms with Gasteiger partial charge in [0.1, 0.15) is 5.82 Å². The van der Waals surface area contributed by atoms with Gasteiger partial charge in [-0.25, -0.2) is 4.39 Å². The number of hydrogen-bond acceptors (Lipinski definition) is 2. The predicted octanol–water partition coefficient (Wildman–Crippen LogP) is 3.62. The first kappa shape index (κ1) is 13.3. The summed E-state index contributed by atoms with van der Waals surface area (Å²) in [5, 5.41) is 2.03. The Morgan fingerprint density at radius 3 is 2.80 bits per heavy atom. The van der Waals surface area contributed by atoms with E-state index < -0.39 is 0 Å². The summed E-state index contributed by atoms with van der Waals surface area (Å²) in [4.78, 5) is 15.6. The molecular weight excluding hydrogens is 273 g/mol. The summed E-state index contributed by atoms with van der Waals surface area (Å²) in [7, 11) is 0. The Kier molecular flexibility index (Phi) is 3.83. The fourth-order valence-corrected chi connectivity index (χ4v) is 3.00. The molecule has 0 spiro atoms. The summed E-state index contributed by atoms with van der Waals surface area (Å²) in [6.45, 7) is 0.677. The summed E-state index contributed by atoms with van der Waals surface area (Å²) in [5.74, 6) is -0.196. The van der Waals surface area contributed by atoms with Gasteiger partial charge in [-0.05, 0) is 42.0 Å². The van der Waals surface area contributed by atoms with Crippen LogP contribution in [0.1, 0.15) is 23.3 Å². The highest BCUT2D eigenvalue weighted by molar-refractivity contribution is 7.09. The molecule has 4 heteroatoms. The first-order valence-electron chi connectivity index (χ1n) is 6.78. The lowest BCUT2D eigenvalue weighted by molar-refractivity contribution is -0.131. The highest BCUT2D eigenvalue weighted by Crippen LogP contribution is 2.29. The Labute approximate surface area is 121 Å². The number of carbonyl (C=O) groups is 1. The van der Waals surface area contributed by atoms with E-state index in [-0.39, 0.29) is 18.1 Å². The van der Waals surface area contributed by atoms with Crippen LogP contribution in [-0.4, -0.2) is 16.8 Å². The minimum atomic E-state index is -0.286. The first-order valence-corrected chi connectivity index (χ1v) is 7.66. The van der Waals surface area contributed by atoms with E-state index in [1.54, 1.807) is 23.5 Å². The number of rotatable bonds is 5. The minimum Gasteiger partial charge on any atom is -0.334 e. The molecule has 1 amide bonds. The van der Waals surface area contributed by atoms with Gasteiger partial charge in [0.15, 0.2) is 0 Å². The Bertz CT molecular complexity index is 592. The molecule has 0 unspecified atom stereocenters. The minimum absolute atomic E-state index is 0.0894. The van der Waals surface area contributed by atoms with E-state index in [9.17, 15) is 9.18 Å². The maximum Gasteiger partial charge on any atom is 0.227 e. The van der Waals surface area contributed by atoms with Gasteiger partial charge in [-0.3, -0.25) is 4.79 Å². The second kappa shape index (κ2) is 5.75. The molecule has 1 saturated carbocycles. The number of hydrogen-bond donors (Lipinski definition) is 0. The van der Waals surface area contributed by atoms with Crippen LogP contribution in [0.15, 0.2) is 41.8 Å². The zero-order valence-corrected chi connectivity index (χ0v) is 11.9. The zero-order valence-electron chi connectivity index (χ0n) is 11.1. The van der Waals surface area contributed by atoms with Crippen molar-refractivity contribution in [2.75, 3.05) is 0 Å². The SMILES string of the molecule is O=C(Cc1cccc(F)c1)N(Cc1cccs1)C1CC1. The summed E-state index contributed by atoms with van der Waals surface area (Å²) in [6, 6.07) is 10.7. The van der Waals surface area contributed by atoms with Crippen molar-refractivity contribution in [3.05, 3.63) is 58.0 Å². The van der Waals surface area contributed by atoms with Gasteiger partial charge in [0.05, 0.1) is 13.0 Å². The van der Waals surface area contributed by atoms with E-state index in [2.05, 4.69) is 6.07 Å². The molecular formula is C16H16FNOS. The normalized spacial score (nSPS) is 14.2. The fraction of sp³-hybridized carbons (Fsp3) is 0.312. The van der Waals surface area contributed by atoms with E-state index in [0.717, 1.165) is 18.4 Å². The standard InChI is InChI=1S/C16H16FNOS/c17-13-4-1-3-12(9-13)10-16(19)18(14-6-7-14)11-15-5-2-8-20-15/h1-5,8-9,14H,6-7,10-11H2. The number of halogens is 1. The van der Waals surface area contributed by atoms with E-state index in [1.165, 1.54) is 17.0 Å². The van der Waals surface area contributed by atoms with E-state index >= 15 is 0 Å². The summed E-state index contributed by atoms with van der Waals surface area (Å²) in [5.41, 5.74) is 0.742. The van der Waals surface area contributed by atoms with Crippen molar-refractivity contribution < 1.29 is 9.18 Å². The number of nitrogens with zero attached hydrogens (tertiary/aromatic N) is 1. The third-order valence-corrected chi connectivity index (χ3v) is 4.32. The van der Waals surface area contributed by atoms with Crippen molar-refractivity contribution in [3.63, 3.8) is 0 Å². The lowest BCUT2D eigenvalue weighted by atomic mass is 10.1. The molecule has 1 aliphatic rings. The molecule has 20 heavy (non-hydrogen) atoms. The molecule has 0 saturated heterocycles. The van der Waals surface area contributed by atoms with Crippen LogP contribution in [0.2, 0.25) is 0 Å². The summed E-state index contributed by atoms with van der Waals surface area (Å²) >= 11 is 1.67. The van der Waals surface area contributed by atoms with E-state index in [0.29, 0.717) is 12.6 Å². The fourth-order valence-electron chi connectivity index (χ4n) is 2.30. The van der Waals surface area contributed by atoms with Gasteiger partial charge >= 0.3 is 0 Å². The molecule has 1 aliphatic carbocycles. The lowest BCUT2D eigenvalue weighted by Crippen LogP contribution is -2.33.